The van der Waals surface area contributed by atoms with E-state index in [1.807, 2.05) is 50.2 Å². The van der Waals surface area contributed by atoms with Crippen molar-refractivity contribution >= 4 is 17.5 Å². The molecule has 1 aliphatic heterocycles. The van der Waals surface area contributed by atoms with Crippen LogP contribution in [0.3, 0.4) is 0 Å². The molecule has 1 fully saturated rings. The molecule has 0 aliphatic carbocycles. The van der Waals surface area contributed by atoms with Crippen molar-refractivity contribution in [2.75, 3.05) is 11.4 Å². The summed E-state index contributed by atoms with van der Waals surface area (Å²) in [5.41, 5.74) is 2.79. The highest BCUT2D eigenvalue weighted by Gasteiger charge is 2.34. The number of benzene rings is 1. The number of pyridine rings is 1. The second-order valence-electron chi connectivity index (χ2n) is 6.40. The van der Waals surface area contributed by atoms with Gasteiger partial charge in [0.1, 0.15) is 0 Å². The van der Waals surface area contributed by atoms with Crippen LogP contribution in [0.15, 0.2) is 41.2 Å². The van der Waals surface area contributed by atoms with E-state index in [0.717, 1.165) is 16.9 Å². The number of hydrogen-bond acceptors (Lipinski definition) is 3. The van der Waals surface area contributed by atoms with Gasteiger partial charge in [0.25, 0.3) is 5.56 Å². The summed E-state index contributed by atoms with van der Waals surface area (Å²) >= 11 is 0. The van der Waals surface area contributed by atoms with Gasteiger partial charge >= 0.3 is 0 Å². The third kappa shape index (κ3) is 3.63. The third-order valence-corrected chi connectivity index (χ3v) is 4.50. The average Bonchev–Trinajstić information content (AvgIpc) is 2.96. The van der Waals surface area contributed by atoms with Crippen LogP contribution in [-0.4, -0.2) is 23.3 Å². The molecule has 1 aromatic heterocycles. The predicted molar refractivity (Wildman–Crippen MR) is 95.3 cm³/mol. The van der Waals surface area contributed by atoms with Crippen molar-refractivity contribution in [3.05, 3.63) is 63.6 Å². The van der Waals surface area contributed by atoms with Gasteiger partial charge < -0.3 is 15.2 Å². The Labute approximate surface area is 145 Å². The first-order valence-electron chi connectivity index (χ1n) is 8.28. The zero-order valence-electron chi connectivity index (χ0n) is 14.3. The Morgan fingerprint density at radius 2 is 1.96 bits per heavy atom. The van der Waals surface area contributed by atoms with Crippen molar-refractivity contribution < 1.29 is 9.59 Å². The van der Waals surface area contributed by atoms with Crippen LogP contribution in [0.4, 0.5) is 5.69 Å². The van der Waals surface area contributed by atoms with Crippen LogP contribution in [0, 0.1) is 19.8 Å². The summed E-state index contributed by atoms with van der Waals surface area (Å²) in [6.07, 6.45) is 0.184. The first-order chi connectivity index (χ1) is 12.0. The number of para-hydroxylation sites is 1. The van der Waals surface area contributed by atoms with Gasteiger partial charge in [-0.3, -0.25) is 14.4 Å². The maximum Gasteiger partial charge on any atom is 0.253 e. The summed E-state index contributed by atoms with van der Waals surface area (Å²) in [7, 11) is 0. The number of carbonyl (C=O) groups is 2. The number of hydrogen-bond donors (Lipinski definition) is 2. The van der Waals surface area contributed by atoms with E-state index in [9.17, 15) is 14.4 Å². The molecule has 0 saturated carbocycles. The number of aromatic amines is 1. The standard InChI is InChI=1S/C19H21N3O3/c1-12-8-13(2)21-19(25)16(12)10-20-18(24)14-9-17(23)22(11-14)15-6-4-3-5-7-15/h3-8,14H,9-11H2,1-2H3,(H,20,24)(H,21,25)/t14-/m1/s1. The molecule has 3 rings (SSSR count). The Morgan fingerprint density at radius 3 is 2.64 bits per heavy atom. The quantitative estimate of drug-likeness (QED) is 0.889. The molecule has 2 heterocycles. The molecule has 0 bridgehead atoms. The molecular formula is C19H21N3O3. The van der Waals surface area contributed by atoms with Gasteiger partial charge in [0, 0.05) is 36.5 Å². The van der Waals surface area contributed by atoms with Crippen molar-refractivity contribution in [1.29, 1.82) is 0 Å². The highest BCUT2D eigenvalue weighted by molar-refractivity contribution is 6.00. The fourth-order valence-electron chi connectivity index (χ4n) is 3.16. The van der Waals surface area contributed by atoms with E-state index in [0.29, 0.717) is 12.1 Å². The maximum absolute atomic E-state index is 12.4. The topological polar surface area (TPSA) is 82.3 Å². The van der Waals surface area contributed by atoms with Gasteiger partial charge in [-0.25, -0.2) is 0 Å². The summed E-state index contributed by atoms with van der Waals surface area (Å²) in [5.74, 6) is -0.667. The van der Waals surface area contributed by atoms with Crippen molar-refractivity contribution in [2.24, 2.45) is 5.92 Å². The number of rotatable bonds is 4. The molecule has 6 heteroatoms. The van der Waals surface area contributed by atoms with Crippen LogP contribution < -0.4 is 15.8 Å². The van der Waals surface area contributed by atoms with Crippen LogP contribution >= 0.6 is 0 Å². The van der Waals surface area contributed by atoms with Crippen LogP contribution in [0.2, 0.25) is 0 Å². The lowest BCUT2D eigenvalue weighted by Crippen LogP contribution is -2.34. The van der Waals surface area contributed by atoms with Crippen LogP contribution in [0.25, 0.3) is 0 Å². The number of H-pyrrole nitrogens is 1. The summed E-state index contributed by atoms with van der Waals surface area (Å²) in [6.45, 7) is 4.19. The number of anilines is 1. The van der Waals surface area contributed by atoms with Gasteiger partial charge in [0.05, 0.1) is 5.92 Å². The van der Waals surface area contributed by atoms with E-state index in [1.54, 1.807) is 4.90 Å². The zero-order valence-corrected chi connectivity index (χ0v) is 14.3. The fraction of sp³-hybridized carbons (Fsp3) is 0.316. The van der Waals surface area contributed by atoms with Gasteiger partial charge in [-0.1, -0.05) is 18.2 Å². The second kappa shape index (κ2) is 6.93. The fourth-order valence-corrected chi connectivity index (χ4v) is 3.16. The number of nitrogens with zero attached hydrogens (tertiary/aromatic N) is 1. The van der Waals surface area contributed by atoms with E-state index in [-0.39, 0.29) is 30.3 Å². The molecule has 0 radical (unpaired) electrons. The minimum atomic E-state index is -0.405. The lowest BCUT2D eigenvalue weighted by Gasteiger charge is -2.16. The molecule has 1 aromatic carbocycles. The minimum Gasteiger partial charge on any atom is -0.351 e. The van der Waals surface area contributed by atoms with Crippen LogP contribution in [0.1, 0.15) is 23.2 Å². The van der Waals surface area contributed by atoms with Gasteiger partial charge in [-0.15, -0.1) is 0 Å². The van der Waals surface area contributed by atoms with Crippen molar-refractivity contribution in [2.45, 2.75) is 26.8 Å². The molecule has 0 unspecified atom stereocenters. The van der Waals surface area contributed by atoms with Crippen molar-refractivity contribution in [1.82, 2.24) is 10.3 Å². The summed E-state index contributed by atoms with van der Waals surface area (Å²) in [5, 5.41) is 2.80. The molecule has 1 atom stereocenters. The summed E-state index contributed by atoms with van der Waals surface area (Å²) in [6, 6.07) is 11.2. The first-order valence-corrected chi connectivity index (χ1v) is 8.28. The van der Waals surface area contributed by atoms with E-state index in [4.69, 9.17) is 0 Å². The lowest BCUT2D eigenvalue weighted by molar-refractivity contribution is -0.126. The number of aromatic nitrogens is 1. The van der Waals surface area contributed by atoms with Crippen LogP contribution in [-0.2, 0) is 16.1 Å². The molecule has 1 aliphatic rings. The molecular weight excluding hydrogens is 318 g/mol. The number of nitrogens with one attached hydrogen (secondary N) is 2. The molecule has 6 nitrogen and oxygen atoms in total. The Bertz CT molecular complexity index is 858. The van der Waals surface area contributed by atoms with Gasteiger partial charge in [0.2, 0.25) is 11.8 Å². The number of aryl methyl sites for hydroxylation is 2. The van der Waals surface area contributed by atoms with E-state index < -0.39 is 5.92 Å². The summed E-state index contributed by atoms with van der Waals surface area (Å²) in [4.78, 5) is 41.0. The molecule has 25 heavy (non-hydrogen) atoms. The molecule has 2 N–H and O–H groups in total. The van der Waals surface area contributed by atoms with Crippen molar-refractivity contribution in [3.8, 4) is 0 Å². The average molecular weight is 339 g/mol. The van der Waals surface area contributed by atoms with E-state index in [2.05, 4.69) is 10.3 Å². The smallest absolute Gasteiger partial charge is 0.253 e. The summed E-state index contributed by atoms with van der Waals surface area (Å²) < 4.78 is 0. The van der Waals surface area contributed by atoms with Crippen LogP contribution in [0.5, 0.6) is 0 Å². The second-order valence-corrected chi connectivity index (χ2v) is 6.40. The monoisotopic (exact) mass is 339 g/mol. The Kier molecular flexibility index (Phi) is 4.70. The van der Waals surface area contributed by atoms with Gasteiger partial charge in [0.15, 0.2) is 0 Å². The molecule has 130 valence electrons. The Morgan fingerprint density at radius 1 is 1.24 bits per heavy atom. The van der Waals surface area contributed by atoms with Crippen molar-refractivity contribution in [3.63, 3.8) is 0 Å². The largest absolute Gasteiger partial charge is 0.351 e. The maximum atomic E-state index is 12.4. The lowest BCUT2D eigenvalue weighted by atomic mass is 10.1. The molecule has 0 spiro atoms. The predicted octanol–water partition coefficient (Wildman–Crippen LogP) is 1.66. The molecule has 2 amide bonds. The zero-order chi connectivity index (χ0) is 18.0. The normalized spacial score (nSPS) is 17.0. The SMILES string of the molecule is Cc1cc(C)c(CNC(=O)[C@@H]2CC(=O)N(c3ccccc3)C2)c(=O)[nH]1. The van der Waals surface area contributed by atoms with E-state index >= 15 is 0 Å². The Balaban J connectivity index is 1.65. The molecule has 2 aromatic rings. The van der Waals surface area contributed by atoms with E-state index in [1.165, 1.54) is 0 Å². The third-order valence-electron chi connectivity index (χ3n) is 4.50. The van der Waals surface area contributed by atoms with Gasteiger partial charge in [-0.05, 0) is 37.6 Å². The molecule has 1 saturated heterocycles. The van der Waals surface area contributed by atoms with Gasteiger partial charge in [-0.2, -0.15) is 0 Å². The number of carbonyl (C=O) groups excluding carboxylic acids is 2. The Hall–Kier alpha value is -2.89. The highest BCUT2D eigenvalue weighted by Crippen LogP contribution is 2.24. The highest BCUT2D eigenvalue weighted by atomic mass is 16.2. The first kappa shape index (κ1) is 17.0. The minimum absolute atomic E-state index is 0.0595. The number of amides is 2.